The molecule has 2 aromatic carbocycles. The largest absolute Gasteiger partial charge is 0.494 e. The minimum absolute atomic E-state index is 0.0350. The third-order valence-electron chi connectivity index (χ3n) is 6.63. The van der Waals surface area contributed by atoms with Crippen molar-refractivity contribution >= 4 is 17.3 Å². The summed E-state index contributed by atoms with van der Waals surface area (Å²) in [5.74, 6) is 0.717. The number of nitrogens with one attached hydrogen (secondary N) is 1. The number of nitro groups is 1. The lowest BCUT2D eigenvalue weighted by Crippen LogP contribution is -2.38. The van der Waals surface area contributed by atoms with Crippen molar-refractivity contribution in [2.45, 2.75) is 37.5 Å². The molecule has 1 saturated carbocycles. The van der Waals surface area contributed by atoms with Gasteiger partial charge in [0.05, 0.1) is 30.2 Å². The van der Waals surface area contributed by atoms with E-state index in [0.29, 0.717) is 12.3 Å². The number of non-ortho nitro benzene ring substituents is 1. The smallest absolute Gasteiger partial charge is 0.269 e. The number of carbonyl (C=O) groups is 1. The van der Waals surface area contributed by atoms with E-state index in [0.717, 1.165) is 76.3 Å². The van der Waals surface area contributed by atoms with Crippen molar-refractivity contribution in [2.75, 3.05) is 44.8 Å². The number of carbonyl (C=O) groups excluding carboxylic acids is 1. The van der Waals surface area contributed by atoms with Crippen LogP contribution in [-0.4, -0.2) is 55.2 Å². The van der Waals surface area contributed by atoms with E-state index in [1.54, 1.807) is 12.1 Å². The lowest BCUT2D eigenvalue weighted by molar-refractivity contribution is -0.384. The number of anilines is 1. The molecule has 2 aromatic rings. The molecule has 0 spiro atoms. The Balaban J connectivity index is 1.32. The van der Waals surface area contributed by atoms with Crippen molar-refractivity contribution in [3.05, 3.63) is 64.2 Å². The van der Waals surface area contributed by atoms with Gasteiger partial charge in [-0.25, -0.2) is 0 Å². The number of morpholine rings is 1. The molecule has 8 heteroatoms. The first-order valence-corrected chi connectivity index (χ1v) is 11.7. The van der Waals surface area contributed by atoms with Gasteiger partial charge in [0.1, 0.15) is 5.75 Å². The molecule has 1 aliphatic carbocycles. The first-order valence-electron chi connectivity index (χ1n) is 11.7. The van der Waals surface area contributed by atoms with Crippen LogP contribution in [0.2, 0.25) is 0 Å². The second-order valence-corrected chi connectivity index (χ2v) is 8.73. The van der Waals surface area contributed by atoms with Crippen LogP contribution in [0.15, 0.2) is 48.5 Å². The summed E-state index contributed by atoms with van der Waals surface area (Å²) in [6.07, 6.45) is 4.35. The molecule has 0 atom stereocenters. The van der Waals surface area contributed by atoms with E-state index >= 15 is 0 Å². The second-order valence-electron chi connectivity index (χ2n) is 8.73. The van der Waals surface area contributed by atoms with Crippen LogP contribution in [0, 0.1) is 10.1 Å². The molecule has 0 radical (unpaired) electrons. The summed E-state index contributed by atoms with van der Waals surface area (Å²) < 4.78 is 11.2. The van der Waals surface area contributed by atoms with Gasteiger partial charge in [-0.2, -0.15) is 0 Å². The van der Waals surface area contributed by atoms with Crippen LogP contribution in [0.5, 0.6) is 5.75 Å². The molecular weight excluding hydrogens is 422 g/mol. The third-order valence-corrected chi connectivity index (χ3v) is 6.63. The molecule has 0 aromatic heterocycles. The summed E-state index contributed by atoms with van der Waals surface area (Å²) >= 11 is 0. The number of hydrogen-bond acceptors (Lipinski definition) is 6. The molecule has 0 bridgehead atoms. The maximum Gasteiger partial charge on any atom is 0.269 e. The zero-order chi connectivity index (χ0) is 23.1. The molecule has 33 heavy (non-hydrogen) atoms. The molecule has 2 fully saturated rings. The highest BCUT2D eigenvalue weighted by molar-refractivity contribution is 5.99. The monoisotopic (exact) mass is 453 g/mol. The summed E-state index contributed by atoms with van der Waals surface area (Å²) in [5, 5.41) is 14.0. The lowest BCUT2D eigenvalue weighted by atomic mass is 9.78. The van der Waals surface area contributed by atoms with E-state index in [4.69, 9.17) is 9.47 Å². The first kappa shape index (κ1) is 23.2. The number of hydrogen-bond donors (Lipinski definition) is 1. The summed E-state index contributed by atoms with van der Waals surface area (Å²) in [4.78, 5) is 26.3. The average molecular weight is 454 g/mol. The Bertz CT molecular complexity index is 934. The van der Waals surface area contributed by atoms with Gasteiger partial charge in [-0.05, 0) is 49.1 Å². The predicted molar refractivity (Wildman–Crippen MR) is 126 cm³/mol. The minimum Gasteiger partial charge on any atom is -0.494 e. The molecule has 1 amide bonds. The second kappa shape index (κ2) is 10.8. The molecule has 1 heterocycles. The van der Waals surface area contributed by atoms with Gasteiger partial charge in [0.2, 0.25) is 5.91 Å². The highest BCUT2D eigenvalue weighted by Crippen LogP contribution is 2.42. The normalized spacial score (nSPS) is 18.1. The van der Waals surface area contributed by atoms with Crippen LogP contribution in [0.3, 0.4) is 0 Å². The molecule has 8 nitrogen and oxygen atoms in total. The molecule has 1 saturated heterocycles. The Kier molecular flexibility index (Phi) is 7.57. The van der Waals surface area contributed by atoms with Crippen molar-refractivity contribution < 1.29 is 19.2 Å². The fourth-order valence-corrected chi connectivity index (χ4v) is 4.72. The van der Waals surface area contributed by atoms with Gasteiger partial charge in [-0.15, -0.1) is 0 Å². The number of amides is 1. The Hall–Kier alpha value is -2.97. The first-order chi connectivity index (χ1) is 16.1. The Morgan fingerprint density at radius 3 is 2.36 bits per heavy atom. The van der Waals surface area contributed by atoms with Crippen LogP contribution in [0.4, 0.5) is 11.4 Å². The van der Waals surface area contributed by atoms with E-state index in [2.05, 4.69) is 10.2 Å². The van der Waals surface area contributed by atoms with Crippen LogP contribution >= 0.6 is 0 Å². The maximum absolute atomic E-state index is 13.3. The van der Waals surface area contributed by atoms with Gasteiger partial charge in [-0.3, -0.25) is 19.8 Å². The number of rotatable bonds is 9. The van der Waals surface area contributed by atoms with Gasteiger partial charge < -0.3 is 14.8 Å². The van der Waals surface area contributed by atoms with Crippen LogP contribution in [0.1, 0.15) is 37.7 Å². The predicted octanol–water partition coefficient (Wildman–Crippen LogP) is 4.15. The van der Waals surface area contributed by atoms with Gasteiger partial charge >= 0.3 is 0 Å². The molecule has 1 aliphatic heterocycles. The summed E-state index contributed by atoms with van der Waals surface area (Å²) in [6.45, 7) is 5.22. The fraction of sp³-hybridized carbons (Fsp3) is 0.480. The number of benzene rings is 2. The van der Waals surface area contributed by atoms with Crippen LogP contribution in [0.25, 0.3) is 0 Å². The lowest BCUT2D eigenvalue weighted by Gasteiger charge is -2.28. The number of ether oxygens (including phenoxy) is 2. The molecule has 0 unspecified atom stereocenters. The van der Waals surface area contributed by atoms with Crippen LogP contribution < -0.4 is 10.1 Å². The van der Waals surface area contributed by atoms with Crippen LogP contribution in [-0.2, 0) is 14.9 Å². The van der Waals surface area contributed by atoms with E-state index < -0.39 is 10.3 Å². The molecule has 1 N–H and O–H groups in total. The SMILES string of the molecule is O=C(Nc1ccc(OCCCN2CCOCC2)cc1)C1(c2ccc([N+](=O)[O-])cc2)CCCC1. The standard InChI is InChI=1S/C25H31N3O5/c29-24(25(12-1-2-13-25)20-4-8-22(9-5-20)28(30)31)26-21-6-10-23(11-7-21)33-17-3-14-27-15-18-32-19-16-27/h4-11H,1-3,12-19H2,(H,26,29). The average Bonchev–Trinajstić information content (AvgIpc) is 3.35. The zero-order valence-corrected chi connectivity index (χ0v) is 18.8. The third kappa shape index (κ3) is 5.69. The van der Waals surface area contributed by atoms with Crippen molar-refractivity contribution in [1.82, 2.24) is 4.90 Å². The van der Waals surface area contributed by atoms with Crippen molar-refractivity contribution in [3.8, 4) is 5.75 Å². The molecule has 176 valence electrons. The highest BCUT2D eigenvalue weighted by atomic mass is 16.6. The summed E-state index contributed by atoms with van der Waals surface area (Å²) in [5.41, 5.74) is 0.939. The summed E-state index contributed by atoms with van der Waals surface area (Å²) in [6, 6.07) is 13.9. The molecule has 4 rings (SSSR count). The van der Waals surface area contributed by atoms with Crippen molar-refractivity contribution in [3.63, 3.8) is 0 Å². The fourth-order valence-electron chi connectivity index (χ4n) is 4.72. The van der Waals surface area contributed by atoms with Gasteiger partial charge in [0, 0.05) is 37.5 Å². The minimum atomic E-state index is -0.649. The van der Waals surface area contributed by atoms with Crippen molar-refractivity contribution in [2.24, 2.45) is 0 Å². The van der Waals surface area contributed by atoms with E-state index in [1.165, 1.54) is 12.1 Å². The zero-order valence-electron chi connectivity index (χ0n) is 18.8. The van der Waals surface area contributed by atoms with E-state index in [1.807, 2.05) is 24.3 Å². The van der Waals surface area contributed by atoms with Gasteiger partial charge in [0.25, 0.3) is 5.69 Å². The van der Waals surface area contributed by atoms with E-state index in [-0.39, 0.29) is 11.6 Å². The number of nitrogens with zero attached hydrogens (tertiary/aromatic N) is 2. The Morgan fingerprint density at radius 1 is 1.06 bits per heavy atom. The maximum atomic E-state index is 13.3. The van der Waals surface area contributed by atoms with E-state index in [9.17, 15) is 14.9 Å². The Morgan fingerprint density at radius 2 is 1.73 bits per heavy atom. The number of nitro benzene ring substituents is 1. The topological polar surface area (TPSA) is 93.9 Å². The van der Waals surface area contributed by atoms with Gasteiger partial charge in [0.15, 0.2) is 0 Å². The quantitative estimate of drug-likeness (QED) is 0.348. The Labute approximate surface area is 194 Å². The highest BCUT2D eigenvalue weighted by Gasteiger charge is 2.42. The summed E-state index contributed by atoms with van der Waals surface area (Å²) in [7, 11) is 0. The molecular formula is C25H31N3O5. The van der Waals surface area contributed by atoms with Gasteiger partial charge in [-0.1, -0.05) is 25.0 Å². The molecule has 2 aliphatic rings. The van der Waals surface area contributed by atoms with Crippen molar-refractivity contribution in [1.29, 1.82) is 0 Å².